The maximum Gasteiger partial charge on any atom is 0.126 e. The molecule has 0 unspecified atom stereocenters. The van der Waals surface area contributed by atoms with Crippen molar-refractivity contribution in [3.05, 3.63) is 92.9 Å². The van der Waals surface area contributed by atoms with Crippen LogP contribution in [0.3, 0.4) is 0 Å². The van der Waals surface area contributed by atoms with Crippen molar-refractivity contribution in [1.82, 2.24) is 4.57 Å². The Morgan fingerprint density at radius 1 is 1.00 bits per heavy atom. The molecule has 0 spiro atoms. The molecule has 0 fully saturated rings. The van der Waals surface area contributed by atoms with Crippen molar-refractivity contribution in [3.8, 4) is 11.4 Å². The van der Waals surface area contributed by atoms with Gasteiger partial charge in [0.1, 0.15) is 18.2 Å². The topological polar surface area (TPSA) is 14.2 Å². The van der Waals surface area contributed by atoms with E-state index in [-0.39, 0.29) is 5.82 Å². The van der Waals surface area contributed by atoms with Crippen LogP contribution in [0.1, 0.15) is 36.6 Å². The van der Waals surface area contributed by atoms with Gasteiger partial charge in [-0.2, -0.15) is 0 Å². The maximum absolute atomic E-state index is 13.8. The van der Waals surface area contributed by atoms with Crippen LogP contribution in [0.15, 0.2) is 66.7 Å². The van der Waals surface area contributed by atoms with Crippen LogP contribution >= 0.6 is 22.6 Å². The third-order valence-electron chi connectivity index (χ3n) is 5.11. The van der Waals surface area contributed by atoms with E-state index in [0.29, 0.717) is 18.1 Å². The SMILES string of the molecule is Cc1cc(-n2c(C(C)C)c(I)c3cc(OCc4ccccc4)ccc32)ccc1F. The van der Waals surface area contributed by atoms with Gasteiger partial charge in [0.2, 0.25) is 0 Å². The summed E-state index contributed by atoms with van der Waals surface area (Å²) >= 11 is 2.42. The molecular weight excluding hydrogens is 476 g/mol. The third kappa shape index (κ3) is 3.90. The second-order valence-electron chi connectivity index (χ2n) is 7.58. The van der Waals surface area contributed by atoms with E-state index in [9.17, 15) is 4.39 Å². The summed E-state index contributed by atoms with van der Waals surface area (Å²) in [5.74, 6) is 0.998. The number of fused-ring (bicyclic) bond motifs is 1. The van der Waals surface area contributed by atoms with Crippen molar-refractivity contribution >= 4 is 33.5 Å². The molecule has 0 saturated carbocycles. The maximum atomic E-state index is 13.8. The first-order chi connectivity index (χ1) is 14.0. The molecular formula is C25H23FINO. The molecule has 0 amide bonds. The number of benzene rings is 3. The summed E-state index contributed by atoms with van der Waals surface area (Å²) in [6.07, 6.45) is 0. The molecule has 4 heteroatoms. The molecule has 0 atom stereocenters. The van der Waals surface area contributed by atoms with Gasteiger partial charge >= 0.3 is 0 Å². The molecule has 29 heavy (non-hydrogen) atoms. The van der Waals surface area contributed by atoms with E-state index in [4.69, 9.17) is 4.74 Å². The molecule has 4 aromatic rings. The summed E-state index contributed by atoms with van der Waals surface area (Å²) in [6, 6.07) is 21.7. The van der Waals surface area contributed by atoms with Crippen LogP contribution in [-0.2, 0) is 6.61 Å². The highest BCUT2D eigenvalue weighted by molar-refractivity contribution is 14.1. The van der Waals surface area contributed by atoms with Crippen LogP contribution in [0.2, 0.25) is 0 Å². The highest BCUT2D eigenvalue weighted by Crippen LogP contribution is 2.37. The molecule has 1 aromatic heterocycles. The lowest BCUT2D eigenvalue weighted by Crippen LogP contribution is -2.03. The van der Waals surface area contributed by atoms with Crippen LogP contribution in [0.4, 0.5) is 4.39 Å². The van der Waals surface area contributed by atoms with Crippen molar-refractivity contribution in [2.45, 2.75) is 33.3 Å². The molecule has 2 nitrogen and oxygen atoms in total. The predicted molar refractivity (Wildman–Crippen MR) is 126 cm³/mol. The Balaban J connectivity index is 1.79. The number of hydrogen-bond acceptors (Lipinski definition) is 1. The van der Waals surface area contributed by atoms with Crippen LogP contribution in [0.5, 0.6) is 5.75 Å². The van der Waals surface area contributed by atoms with Crippen molar-refractivity contribution < 1.29 is 9.13 Å². The predicted octanol–water partition coefficient (Wildman–Crippen LogP) is 7.39. The van der Waals surface area contributed by atoms with E-state index >= 15 is 0 Å². The zero-order valence-corrected chi connectivity index (χ0v) is 18.9. The fourth-order valence-electron chi connectivity index (χ4n) is 3.64. The summed E-state index contributed by atoms with van der Waals surface area (Å²) < 4.78 is 23.3. The average molecular weight is 499 g/mol. The Morgan fingerprint density at radius 3 is 2.45 bits per heavy atom. The molecule has 3 aromatic carbocycles. The molecule has 0 aliphatic rings. The van der Waals surface area contributed by atoms with Gasteiger partial charge in [-0.15, -0.1) is 0 Å². The Labute approximate surface area is 184 Å². The molecule has 148 valence electrons. The van der Waals surface area contributed by atoms with Crippen molar-refractivity contribution in [2.75, 3.05) is 0 Å². The first-order valence-corrected chi connectivity index (χ1v) is 10.8. The minimum Gasteiger partial charge on any atom is -0.489 e. The van der Waals surface area contributed by atoms with Gasteiger partial charge < -0.3 is 9.30 Å². The first kappa shape index (κ1) is 20.0. The van der Waals surface area contributed by atoms with Gasteiger partial charge in [0.15, 0.2) is 0 Å². The third-order valence-corrected chi connectivity index (χ3v) is 6.24. The van der Waals surface area contributed by atoms with Gasteiger partial charge in [-0.3, -0.25) is 0 Å². The highest BCUT2D eigenvalue weighted by Gasteiger charge is 2.20. The van der Waals surface area contributed by atoms with Crippen LogP contribution in [0.25, 0.3) is 16.6 Å². The zero-order chi connectivity index (χ0) is 20.5. The average Bonchev–Trinajstić information content (AvgIpc) is 3.01. The fraction of sp³-hybridized carbons (Fsp3) is 0.200. The van der Waals surface area contributed by atoms with Crippen LogP contribution in [-0.4, -0.2) is 4.57 Å². The Hall–Kier alpha value is -2.34. The van der Waals surface area contributed by atoms with Crippen molar-refractivity contribution in [3.63, 3.8) is 0 Å². The lowest BCUT2D eigenvalue weighted by atomic mass is 10.1. The lowest BCUT2D eigenvalue weighted by molar-refractivity contribution is 0.306. The quantitative estimate of drug-likeness (QED) is 0.261. The van der Waals surface area contributed by atoms with E-state index < -0.39 is 0 Å². The van der Waals surface area contributed by atoms with Gasteiger partial charge in [-0.1, -0.05) is 44.2 Å². The Morgan fingerprint density at radius 2 is 1.76 bits per heavy atom. The normalized spacial score (nSPS) is 11.4. The number of ether oxygens (including phenoxy) is 1. The molecule has 0 aliphatic heterocycles. The molecule has 0 N–H and O–H groups in total. The van der Waals surface area contributed by atoms with Gasteiger partial charge in [0, 0.05) is 20.3 Å². The summed E-state index contributed by atoms with van der Waals surface area (Å²) in [7, 11) is 0. The van der Waals surface area contributed by atoms with Crippen LogP contribution < -0.4 is 4.74 Å². The van der Waals surface area contributed by atoms with E-state index in [1.807, 2.05) is 36.4 Å². The minimum absolute atomic E-state index is 0.178. The largest absolute Gasteiger partial charge is 0.489 e. The zero-order valence-electron chi connectivity index (χ0n) is 16.7. The van der Waals surface area contributed by atoms with Crippen molar-refractivity contribution in [1.29, 1.82) is 0 Å². The van der Waals surface area contributed by atoms with Gasteiger partial charge in [0.05, 0.1) is 5.52 Å². The Kier molecular flexibility index (Phi) is 5.63. The van der Waals surface area contributed by atoms with Crippen LogP contribution in [0, 0.1) is 16.3 Å². The minimum atomic E-state index is -0.178. The number of halogens is 2. The van der Waals surface area contributed by atoms with Gasteiger partial charge in [-0.25, -0.2) is 4.39 Å². The van der Waals surface area contributed by atoms with E-state index in [2.05, 4.69) is 65.3 Å². The second-order valence-corrected chi connectivity index (χ2v) is 8.65. The number of rotatable bonds is 5. The number of aryl methyl sites for hydroxylation is 1. The summed E-state index contributed by atoms with van der Waals surface area (Å²) in [6.45, 7) is 6.73. The summed E-state index contributed by atoms with van der Waals surface area (Å²) in [4.78, 5) is 0. The smallest absolute Gasteiger partial charge is 0.126 e. The van der Waals surface area contributed by atoms with Gasteiger partial charge in [-0.05, 0) is 83.0 Å². The number of hydrogen-bond donors (Lipinski definition) is 0. The Bertz CT molecular complexity index is 1160. The molecule has 4 rings (SSSR count). The summed E-state index contributed by atoms with van der Waals surface area (Å²) in [5.41, 5.74) is 5.11. The van der Waals surface area contributed by atoms with E-state index in [1.54, 1.807) is 13.0 Å². The summed E-state index contributed by atoms with van der Waals surface area (Å²) in [5, 5.41) is 1.15. The monoisotopic (exact) mass is 499 g/mol. The highest BCUT2D eigenvalue weighted by atomic mass is 127. The van der Waals surface area contributed by atoms with E-state index in [1.165, 1.54) is 9.26 Å². The molecule has 0 aliphatic carbocycles. The van der Waals surface area contributed by atoms with Gasteiger partial charge in [0.25, 0.3) is 0 Å². The molecule has 0 bridgehead atoms. The lowest BCUT2D eigenvalue weighted by Gasteiger charge is -2.15. The number of aromatic nitrogens is 1. The number of nitrogens with zero attached hydrogens (tertiary/aromatic N) is 1. The second kappa shape index (κ2) is 8.19. The molecule has 0 radical (unpaired) electrons. The fourth-order valence-corrected chi connectivity index (χ4v) is 4.94. The van der Waals surface area contributed by atoms with Crippen molar-refractivity contribution in [2.24, 2.45) is 0 Å². The molecule has 1 heterocycles. The standard InChI is InChI=1S/C25H23FINO/c1-16(2)25-24(27)21-14-20(29-15-18-7-5-4-6-8-18)10-12-23(21)28(25)19-9-11-22(26)17(3)13-19/h4-14,16H,15H2,1-3H3. The van der Waals surface area contributed by atoms with E-state index in [0.717, 1.165) is 27.9 Å². The molecule has 0 saturated heterocycles. The first-order valence-electron chi connectivity index (χ1n) is 9.73.